The number of para-hydroxylation sites is 1. The van der Waals surface area contributed by atoms with Crippen molar-refractivity contribution >= 4 is 27.5 Å². The Labute approximate surface area is 156 Å². The predicted molar refractivity (Wildman–Crippen MR) is 105 cm³/mol. The summed E-state index contributed by atoms with van der Waals surface area (Å²) in [5, 5.41) is 0.561. The van der Waals surface area contributed by atoms with Gasteiger partial charge < -0.3 is 4.90 Å². The van der Waals surface area contributed by atoms with E-state index in [9.17, 15) is 4.79 Å². The van der Waals surface area contributed by atoms with Crippen LogP contribution in [0.15, 0.2) is 84.9 Å². The van der Waals surface area contributed by atoms with Crippen LogP contribution in [0.5, 0.6) is 0 Å². The zero-order chi connectivity index (χ0) is 17.3. The second-order valence-corrected chi connectivity index (χ2v) is 6.86. The van der Waals surface area contributed by atoms with Crippen molar-refractivity contribution in [3.63, 3.8) is 0 Å². The molecule has 1 unspecified atom stereocenters. The quantitative estimate of drug-likeness (QED) is 0.578. The number of alkyl halides is 1. The second-order valence-electron chi connectivity index (χ2n) is 6.30. The predicted octanol–water partition coefficient (Wildman–Crippen LogP) is 4.91. The van der Waals surface area contributed by atoms with Gasteiger partial charge >= 0.3 is 0 Å². The van der Waals surface area contributed by atoms with Gasteiger partial charge in [0.1, 0.15) is 5.41 Å². The molecule has 0 fully saturated rings. The minimum atomic E-state index is -0.674. The van der Waals surface area contributed by atoms with Gasteiger partial charge in [-0.2, -0.15) is 0 Å². The molecule has 1 atom stereocenters. The molecule has 1 amide bonds. The van der Waals surface area contributed by atoms with E-state index in [1.807, 2.05) is 71.6 Å². The van der Waals surface area contributed by atoms with Crippen molar-refractivity contribution in [1.82, 2.24) is 0 Å². The van der Waals surface area contributed by atoms with Crippen LogP contribution in [0.1, 0.15) is 16.7 Å². The molecule has 3 aromatic rings. The Morgan fingerprint density at radius 1 is 0.800 bits per heavy atom. The number of amides is 1. The number of fused-ring (bicyclic) bond motifs is 1. The fourth-order valence-corrected chi connectivity index (χ4v) is 4.52. The molecular weight excluding hydrogens is 374 g/mol. The Kier molecular flexibility index (Phi) is 4.18. The van der Waals surface area contributed by atoms with Crippen LogP contribution in [-0.4, -0.2) is 11.2 Å². The summed E-state index contributed by atoms with van der Waals surface area (Å²) in [7, 11) is 0. The number of carbonyl (C=O) groups excluding carboxylic acids is 1. The summed E-state index contributed by atoms with van der Waals surface area (Å²) in [5.74, 6) is 0.126. The highest BCUT2D eigenvalue weighted by atomic mass is 79.9. The largest absolute Gasteiger partial charge is 0.307 e. The van der Waals surface area contributed by atoms with E-state index in [1.54, 1.807) is 0 Å². The molecule has 3 heteroatoms. The van der Waals surface area contributed by atoms with Crippen molar-refractivity contribution in [1.29, 1.82) is 0 Å². The summed E-state index contributed by atoms with van der Waals surface area (Å²) >= 11 is 3.65. The first-order chi connectivity index (χ1) is 12.3. The van der Waals surface area contributed by atoms with E-state index in [4.69, 9.17) is 0 Å². The number of nitrogens with zero attached hydrogens (tertiary/aromatic N) is 1. The molecule has 25 heavy (non-hydrogen) atoms. The van der Waals surface area contributed by atoms with Crippen LogP contribution in [0.25, 0.3) is 0 Å². The van der Waals surface area contributed by atoms with Gasteiger partial charge in [-0.15, -0.1) is 0 Å². The van der Waals surface area contributed by atoms with E-state index >= 15 is 0 Å². The summed E-state index contributed by atoms with van der Waals surface area (Å²) in [6.45, 7) is 0.582. The zero-order valence-electron chi connectivity index (χ0n) is 13.7. The van der Waals surface area contributed by atoms with E-state index < -0.39 is 5.41 Å². The van der Waals surface area contributed by atoms with Gasteiger partial charge in [0.2, 0.25) is 5.91 Å². The zero-order valence-corrected chi connectivity index (χ0v) is 15.3. The van der Waals surface area contributed by atoms with E-state index in [0.29, 0.717) is 11.9 Å². The van der Waals surface area contributed by atoms with E-state index in [2.05, 4.69) is 34.1 Å². The maximum Gasteiger partial charge on any atom is 0.243 e. The van der Waals surface area contributed by atoms with Crippen LogP contribution in [-0.2, 0) is 16.8 Å². The topological polar surface area (TPSA) is 20.3 Å². The maximum absolute atomic E-state index is 13.6. The van der Waals surface area contributed by atoms with Gasteiger partial charge in [-0.3, -0.25) is 4.79 Å². The van der Waals surface area contributed by atoms with Crippen molar-refractivity contribution in [3.05, 3.63) is 102 Å². The molecule has 3 aromatic carbocycles. The van der Waals surface area contributed by atoms with Gasteiger partial charge in [0.15, 0.2) is 0 Å². The van der Waals surface area contributed by atoms with Crippen molar-refractivity contribution in [2.24, 2.45) is 0 Å². The van der Waals surface area contributed by atoms with Gasteiger partial charge in [-0.05, 0) is 22.8 Å². The minimum Gasteiger partial charge on any atom is -0.307 e. The molecule has 124 valence electrons. The number of hydrogen-bond donors (Lipinski definition) is 0. The lowest BCUT2D eigenvalue weighted by atomic mass is 9.77. The Hall–Kier alpha value is -2.39. The highest BCUT2D eigenvalue weighted by Gasteiger charge is 2.51. The second kappa shape index (κ2) is 6.49. The molecule has 1 heterocycles. The number of anilines is 1. The smallest absolute Gasteiger partial charge is 0.243 e. The fraction of sp³-hybridized carbons (Fsp3) is 0.136. The summed E-state index contributed by atoms with van der Waals surface area (Å²) in [5.41, 5.74) is 3.55. The number of carbonyl (C=O) groups is 1. The van der Waals surface area contributed by atoms with Crippen LogP contribution in [0.3, 0.4) is 0 Å². The summed E-state index contributed by atoms with van der Waals surface area (Å²) in [6.07, 6.45) is 0. The third kappa shape index (κ3) is 2.50. The number of rotatable bonds is 4. The summed E-state index contributed by atoms with van der Waals surface area (Å²) in [6, 6.07) is 28.3. The molecule has 0 saturated carbocycles. The summed E-state index contributed by atoms with van der Waals surface area (Å²) < 4.78 is 0. The molecule has 0 radical (unpaired) electrons. The van der Waals surface area contributed by atoms with Gasteiger partial charge in [-0.1, -0.05) is 94.8 Å². The average Bonchev–Trinajstić information content (AvgIpc) is 2.92. The van der Waals surface area contributed by atoms with Crippen LogP contribution in [0.2, 0.25) is 0 Å². The van der Waals surface area contributed by atoms with Gasteiger partial charge in [-0.25, -0.2) is 0 Å². The summed E-state index contributed by atoms with van der Waals surface area (Å²) in [4.78, 5) is 15.5. The first-order valence-corrected chi connectivity index (χ1v) is 9.46. The van der Waals surface area contributed by atoms with E-state index in [-0.39, 0.29) is 5.91 Å². The van der Waals surface area contributed by atoms with Crippen molar-refractivity contribution in [3.8, 4) is 0 Å². The number of benzene rings is 3. The first-order valence-electron chi connectivity index (χ1n) is 8.34. The third-order valence-electron chi connectivity index (χ3n) is 4.92. The number of hydrogen-bond acceptors (Lipinski definition) is 1. The molecule has 1 aliphatic rings. The Morgan fingerprint density at radius 2 is 1.40 bits per heavy atom. The molecule has 0 N–H and O–H groups in total. The van der Waals surface area contributed by atoms with Gasteiger partial charge in [0, 0.05) is 11.0 Å². The normalized spacial score (nSPS) is 19.1. The molecule has 0 saturated heterocycles. The first kappa shape index (κ1) is 16.1. The third-order valence-corrected chi connectivity index (χ3v) is 5.76. The van der Waals surface area contributed by atoms with Crippen LogP contribution < -0.4 is 4.90 Å². The molecule has 2 nitrogen and oxygen atoms in total. The number of halogens is 1. The van der Waals surface area contributed by atoms with Crippen LogP contribution >= 0.6 is 15.9 Å². The molecule has 4 rings (SSSR count). The Bertz CT molecular complexity index is 894. The lowest BCUT2D eigenvalue weighted by Gasteiger charge is -2.27. The standard InChI is InChI=1S/C22H18BrNO/c23-16-22(18-11-5-2-6-12-18)19-13-7-8-14-20(19)24(21(22)25)15-17-9-3-1-4-10-17/h1-14H,15-16H2. The molecule has 0 bridgehead atoms. The van der Waals surface area contributed by atoms with Gasteiger partial charge in [0.25, 0.3) is 0 Å². The van der Waals surface area contributed by atoms with Crippen LogP contribution in [0.4, 0.5) is 5.69 Å². The highest BCUT2D eigenvalue weighted by molar-refractivity contribution is 9.09. The van der Waals surface area contributed by atoms with Gasteiger partial charge in [0.05, 0.1) is 6.54 Å². The lowest BCUT2D eigenvalue weighted by molar-refractivity contribution is -0.121. The highest BCUT2D eigenvalue weighted by Crippen LogP contribution is 2.47. The Balaban J connectivity index is 1.86. The SMILES string of the molecule is O=C1N(Cc2ccccc2)c2ccccc2C1(CBr)c1ccccc1. The molecule has 0 spiro atoms. The molecule has 0 aliphatic carbocycles. The minimum absolute atomic E-state index is 0.126. The van der Waals surface area contributed by atoms with E-state index in [0.717, 1.165) is 22.4 Å². The van der Waals surface area contributed by atoms with Crippen molar-refractivity contribution in [2.45, 2.75) is 12.0 Å². The van der Waals surface area contributed by atoms with Crippen molar-refractivity contribution < 1.29 is 4.79 Å². The van der Waals surface area contributed by atoms with E-state index in [1.165, 1.54) is 0 Å². The Morgan fingerprint density at radius 3 is 2.08 bits per heavy atom. The molecule has 1 aliphatic heterocycles. The molecule has 0 aromatic heterocycles. The molecular formula is C22H18BrNO. The maximum atomic E-state index is 13.6. The lowest BCUT2D eigenvalue weighted by Crippen LogP contribution is -2.42. The fourth-order valence-electron chi connectivity index (χ4n) is 3.66. The average molecular weight is 392 g/mol. The monoisotopic (exact) mass is 391 g/mol. The van der Waals surface area contributed by atoms with Crippen LogP contribution in [0, 0.1) is 0 Å². The van der Waals surface area contributed by atoms with Crippen molar-refractivity contribution in [2.75, 3.05) is 10.2 Å².